The van der Waals surface area contributed by atoms with E-state index in [9.17, 15) is 9.59 Å². The Balaban J connectivity index is 1.38. The van der Waals surface area contributed by atoms with Crippen molar-refractivity contribution in [2.75, 3.05) is 37.6 Å². The minimum absolute atomic E-state index is 0.0769. The average molecular weight is 370 g/mol. The van der Waals surface area contributed by atoms with Gasteiger partial charge in [0.1, 0.15) is 6.54 Å². The maximum Gasteiger partial charge on any atom is 0.254 e. The standard InChI is InChI=1S/C20H23N3O2S/c24-19-5-2-7-23(19)18-4-1-3-17(13-18)20(25)22-10-8-21(9-11-22)14-16-6-12-26-15-16/h1,3-4,6,12-13,15H,2,5,7-11,14H2/p+1. The van der Waals surface area contributed by atoms with Crippen LogP contribution in [0, 0.1) is 0 Å². The van der Waals surface area contributed by atoms with Gasteiger partial charge in [0.2, 0.25) is 5.91 Å². The summed E-state index contributed by atoms with van der Waals surface area (Å²) in [5, 5.41) is 4.32. The lowest BCUT2D eigenvalue weighted by Gasteiger charge is -2.32. The lowest BCUT2D eigenvalue weighted by atomic mass is 10.1. The van der Waals surface area contributed by atoms with Gasteiger partial charge >= 0.3 is 0 Å². The SMILES string of the molecule is O=C(c1cccc(N2CCCC2=O)c1)N1CC[NH+](Cc2ccsc2)CC1. The van der Waals surface area contributed by atoms with Crippen molar-refractivity contribution in [2.45, 2.75) is 19.4 Å². The Morgan fingerprint density at radius 3 is 2.69 bits per heavy atom. The molecule has 0 saturated carbocycles. The maximum absolute atomic E-state index is 12.9. The molecule has 136 valence electrons. The lowest BCUT2D eigenvalue weighted by molar-refractivity contribution is -0.917. The van der Waals surface area contributed by atoms with Gasteiger partial charge in [-0.1, -0.05) is 6.07 Å². The molecule has 1 aromatic heterocycles. The van der Waals surface area contributed by atoms with Crippen LogP contribution in [0.3, 0.4) is 0 Å². The first kappa shape index (κ1) is 17.2. The van der Waals surface area contributed by atoms with Gasteiger partial charge in [-0.3, -0.25) is 9.59 Å². The highest BCUT2D eigenvalue weighted by atomic mass is 32.1. The third-order valence-corrected chi connectivity index (χ3v) is 6.00. The van der Waals surface area contributed by atoms with E-state index in [0.717, 1.165) is 51.4 Å². The number of benzene rings is 1. The molecular formula is C20H24N3O2S+. The zero-order valence-corrected chi connectivity index (χ0v) is 15.6. The van der Waals surface area contributed by atoms with Gasteiger partial charge < -0.3 is 14.7 Å². The topological polar surface area (TPSA) is 45.1 Å². The molecule has 0 spiro atoms. The first-order valence-corrected chi connectivity index (χ1v) is 10.2. The highest BCUT2D eigenvalue weighted by Gasteiger charge is 2.26. The summed E-state index contributed by atoms with van der Waals surface area (Å²) in [6.45, 7) is 5.31. The molecule has 5 nitrogen and oxygen atoms in total. The fourth-order valence-electron chi connectivity index (χ4n) is 3.80. The van der Waals surface area contributed by atoms with Crippen LogP contribution >= 0.6 is 11.3 Å². The molecule has 0 bridgehead atoms. The van der Waals surface area contributed by atoms with Crippen molar-refractivity contribution in [1.29, 1.82) is 0 Å². The molecular weight excluding hydrogens is 346 g/mol. The van der Waals surface area contributed by atoms with E-state index in [1.807, 2.05) is 29.2 Å². The molecule has 0 unspecified atom stereocenters. The summed E-state index contributed by atoms with van der Waals surface area (Å²) in [6, 6.07) is 9.71. The lowest BCUT2D eigenvalue weighted by Crippen LogP contribution is -3.13. The van der Waals surface area contributed by atoms with Crippen molar-refractivity contribution in [3.63, 3.8) is 0 Å². The number of rotatable bonds is 4. The number of anilines is 1. The Labute approximate surface area is 157 Å². The minimum atomic E-state index is 0.0769. The summed E-state index contributed by atoms with van der Waals surface area (Å²) in [5.74, 6) is 0.230. The first-order chi connectivity index (χ1) is 12.7. The Morgan fingerprint density at radius 2 is 2.00 bits per heavy atom. The van der Waals surface area contributed by atoms with Gasteiger partial charge in [0.15, 0.2) is 0 Å². The van der Waals surface area contributed by atoms with Gasteiger partial charge in [-0.25, -0.2) is 0 Å². The summed E-state index contributed by atoms with van der Waals surface area (Å²) < 4.78 is 0. The van der Waals surface area contributed by atoms with E-state index >= 15 is 0 Å². The predicted octanol–water partition coefficient (Wildman–Crippen LogP) is 1.42. The van der Waals surface area contributed by atoms with Gasteiger partial charge in [-0.15, -0.1) is 0 Å². The highest BCUT2D eigenvalue weighted by Crippen LogP contribution is 2.22. The van der Waals surface area contributed by atoms with Gasteiger partial charge in [-0.05, 0) is 41.4 Å². The number of carbonyl (C=O) groups is 2. The zero-order chi connectivity index (χ0) is 17.9. The van der Waals surface area contributed by atoms with Crippen molar-refractivity contribution >= 4 is 28.8 Å². The first-order valence-electron chi connectivity index (χ1n) is 9.25. The molecule has 1 aromatic carbocycles. The van der Waals surface area contributed by atoms with Gasteiger partial charge in [-0.2, -0.15) is 11.3 Å². The molecule has 26 heavy (non-hydrogen) atoms. The minimum Gasteiger partial charge on any atom is -0.328 e. The molecule has 6 heteroatoms. The van der Waals surface area contributed by atoms with Gasteiger partial charge in [0.25, 0.3) is 5.91 Å². The van der Waals surface area contributed by atoms with Crippen LogP contribution in [0.2, 0.25) is 0 Å². The molecule has 0 atom stereocenters. The van der Waals surface area contributed by atoms with Crippen LogP contribution in [0.5, 0.6) is 0 Å². The zero-order valence-electron chi connectivity index (χ0n) is 14.8. The van der Waals surface area contributed by atoms with E-state index in [-0.39, 0.29) is 11.8 Å². The molecule has 2 amide bonds. The fraction of sp³-hybridized carbons (Fsp3) is 0.400. The number of amides is 2. The van der Waals surface area contributed by atoms with E-state index < -0.39 is 0 Å². The van der Waals surface area contributed by atoms with E-state index in [4.69, 9.17) is 0 Å². The highest BCUT2D eigenvalue weighted by molar-refractivity contribution is 7.07. The summed E-state index contributed by atoms with van der Waals surface area (Å²) >= 11 is 1.74. The van der Waals surface area contributed by atoms with Crippen LogP contribution < -0.4 is 9.80 Å². The number of nitrogens with one attached hydrogen (secondary N) is 1. The van der Waals surface area contributed by atoms with Crippen LogP contribution in [-0.2, 0) is 11.3 Å². The largest absolute Gasteiger partial charge is 0.328 e. The molecule has 4 rings (SSSR count). The van der Waals surface area contributed by atoms with Crippen LogP contribution in [0.1, 0.15) is 28.8 Å². The van der Waals surface area contributed by atoms with Crippen molar-refractivity contribution in [3.05, 3.63) is 52.2 Å². The second kappa shape index (κ2) is 7.60. The number of carbonyl (C=O) groups excluding carboxylic acids is 2. The van der Waals surface area contributed by atoms with Crippen LogP contribution in [0.4, 0.5) is 5.69 Å². The predicted molar refractivity (Wildman–Crippen MR) is 103 cm³/mol. The van der Waals surface area contributed by atoms with Crippen LogP contribution in [0.25, 0.3) is 0 Å². The number of piperazine rings is 1. The van der Waals surface area contributed by atoms with Crippen LogP contribution in [-0.4, -0.2) is 49.4 Å². The second-order valence-corrected chi connectivity index (χ2v) is 7.83. The summed E-state index contributed by atoms with van der Waals surface area (Å²) in [4.78, 5) is 30.1. The summed E-state index contributed by atoms with van der Waals surface area (Å²) in [7, 11) is 0. The number of hydrogen-bond acceptors (Lipinski definition) is 3. The van der Waals surface area contributed by atoms with E-state index in [1.165, 1.54) is 10.5 Å². The molecule has 3 heterocycles. The molecule has 2 saturated heterocycles. The van der Waals surface area contributed by atoms with Crippen molar-refractivity contribution in [3.8, 4) is 0 Å². The second-order valence-electron chi connectivity index (χ2n) is 7.05. The molecule has 2 aliphatic rings. The number of hydrogen-bond donors (Lipinski definition) is 1. The average Bonchev–Trinajstić information content (AvgIpc) is 3.33. The Hall–Kier alpha value is -2.18. The summed E-state index contributed by atoms with van der Waals surface area (Å²) in [6.07, 6.45) is 1.50. The number of quaternary nitrogens is 1. The Kier molecular flexibility index (Phi) is 5.04. The number of thiophene rings is 1. The molecule has 0 radical (unpaired) electrons. The van der Waals surface area contributed by atoms with Crippen molar-refractivity contribution < 1.29 is 14.5 Å². The van der Waals surface area contributed by atoms with Crippen molar-refractivity contribution in [2.24, 2.45) is 0 Å². The van der Waals surface area contributed by atoms with Gasteiger partial charge in [0, 0.05) is 29.8 Å². The maximum atomic E-state index is 12.9. The van der Waals surface area contributed by atoms with Gasteiger partial charge in [0.05, 0.1) is 26.2 Å². The molecule has 1 N–H and O–H groups in total. The molecule has 2 aliphatic heterocycles. The van der Waals surface area contributed by atoms with E-state index in [0.29, 0.717) is 12.0 Å². The third kappa shape index (κ3) is 3.66. The Morgan fingerprint density at radius 1 is 1.15 bits per heavy atom. The monoisotopic (exact) mass is 370 g/mol. The van der Waals surface area contributed by atoms with Crippen molar-refractivity contribution in [1.82, 2.24) is 4.90 Å². The quantitative estimate of drug-likeness (QED) is 0.885. The third-order valence-electron chi connectivity index (χ3n) is 5.27. The number of nitrogens with zero attached hydrogens (tertiary/aromatic N) is 2. The molecule has 0 aliphatic carbocycles. The van der Waals surface area contributed by atoms with Crippen LogP contribution in [0.15, 0.2) is 41.1 Å². The Bertz CT molecular complexity index is 782. The molecule has 2 aromatic rings. The smallest absolute Gasteiger partial charge is 0.254 e. The normalized spacial score (nSPS) is 18.5. The fourth-order valence-corrected chi connectivity index (χ4v) is 4.46. The summed E-state index contributed by atoms with van der Waals surface area (Å²) in [5.41, 5.74) is 2.91. The molecule has 2 fully saturated rings. The van der Waals surface area contributed by atoms with E-state index in [2.05, 4.69) is 16.8 Å². The van der Waals surface area contributed by atoms with E-state index in [1.54, 1.807) is 16.2 Å².